The van der Waals surface area contributed by atoms with Gasteiger partial charge in [0.25, 0.3) is 0 Å². The first-order chi connectivity index (χ1) is 12.5. The molecule has 0 bridgehead atoms. The molecule has 1 aliphatic rings. The summed E-state index contributed by atoms with van der Waals surface area (Å²) in [5.41, 5.74) is 1.82. The zero-order valence-electron chi connectivity index (χ0n) is 15.0. The summed E-state index contributed by atoms with van der Waals surface area (Å²) in [6, 6.07) is 7.81. The smallest absolute Gasteiger partial charge is 0.229 e. The maximum Gasteiger partial charge on any atom is 0.229 e. The SMILES string of the molecule is CCC(=O)N1CCCC(C(=O)Nc2ccc(Sc3nc(C)cs3)cc2)C1. The van der Waals surface area contributed by atoms with Crippen molar-refractivity contribution in [1.29, 1.82) is 0 Å². The van der Waals surface area contributed by atoms with Gasteiger partial charge in [-0.15, -0.1) is 11.3 Å². The maximum absolute atomic E-state index is 12.5. The Hall–Kier alpha value is -1.86. The highest BCUT2D eigenvalue weighted by atomic mass is 32.2. The highest BCUT2D eigenvalue weighted by Gasteiger charge is 2.27. The van der Waals surface area contributed by atoms with Gasteiger partial charge in [0.15, 0.2) is 4.34 Å². The number of carbonyl (C=O) groups excluding carboxylic acids is 2. The van der Waals surface area contributed by atoms with Crippen LogP contribution in [0, 0.1) is 12.8 Å². The molecule has 0 aliphatic carbocycles. The van der Waals surface area contributed by atoms with Crippen LogP contribution in [0.25, 0.3) is 0 Å². The molecular formula is C19H23N3O2S2. The third-order valence-electron chi connectivity index (χ3n) is 4.37. The molecule has 1 saturated heterocycles. The molecule has 0 spiro atoms. The number of amides is 2. The minimum atomic E-state index is -0.133. The van der Waals surface area contributed by atoms with E-state index in [0.29, 0.717) is 13.0 Å². The number of hydrogen-bond acceptors (Lipinski definition) is 5. The molecule has 1 aromatic carbocycles. The molecule has 1 aromatic heterocycles. The van der Waals surface area contributed by atoms with Crippen LogP contribution < -0.4 is 5.32 Å². The summed E-state index contributed by atoms with van der Waals surface area (Å²) in [4.78, 5) is 31.8. The van der Waals surface area contributed by atoms with Crippen LogP contribution in [0.15, 0.2) is 38.9 Å². The Morgan fingerprint density at radius 1 is 1.35 bits per heavy atom. The minimum absolute atomic E-state index is 0.00504. The fraction of sp³-hybridized carbons (Fsp3) is 0.421. The number of rotatable bonds is 5. The van der Waals surface area contributed by atoms with Crippen LogP contribution in [0.1, 0.15) is 31.9 Å². The molecule has 2 amide bonds. The molecule has 1 atom stereocenters. The van der Waals surface area contributed by atoms with Gasteiger partial charge < -0.3 is 10.2 Å². The van der Waals surface area contributed by atoms with E-state index < -0.39 is 0 Å². The summed E-state index contributed by atoms with van der Waals surface area (Å²) in [5.74, 6) is -0.0116. The molecule has 0 radical (unpaired) electrons. The molecule has 7 heteroatoms. The summed E-state index contributed by atoms with van der Waals surface area (Å²) >= 11 is 3.25. The lowest BCUT2D eigenvalue weighted by atomic mass is 9.96. The highest BCUT2D eigenvalue weighted by molar-refractivity contribution is 8.01. The first-order valence-electron chi connectivity index (χ1n) is 8.84. The standard InChI is InChI=1S/C19H23N3O2S2/c1-3-17(23)22-10-4-5-14(11-22)18(24)21-15-6-8-16(9-7-15)26-19-20-13(2)12-25-19/h6-9,12,14H,3-5,10-11H2,1-2H3,(H,21,24). The van der Waals surface area contributed by atoms with Crippen LogP contribution >= 0.6 is 23.1 Å². The summed E-state index contributed by atoms with van der Waals surface area (Å²) < 4.78 is 1.02. The van der Waals surface area contributed by atoms with E-state index in [4.69, 9.17) is 0 Å². The Bertz CT molecular complexity index is 773. The monoisotopic (exact) mass is 389 g/mol. The number of nitrogens with one attached hydrogen (secondary N) is 1. The van der Waals surface area contributed by atoms with Gasteiger partial charge in [-0.1, -0.05) is 18.7 Å². The van der Waals surface area contributed by atoms with Gasteiger partial charge in [0.1, 0.15) is 0 Å². The second-order valence-electron chi connectivity index (χ2n) is 6.40. The molecule has 26 heavy (non-hydrogen) atoms. The van der Waals surface area contributed by atoms with Gasteiger partial charge in [0.05, 0.1) is 5.92 Å². The second-order valence-corrected chi connectivity index (χ2v) is 8.58. The van der Waals surface area contributed by atoms with Crippen molar-refractivity contribution in [2.24, 2.45) is 5.92 Å². The molecule has 1 aliphatic heterocycles. The normalized spacial score (nSPS) is 17.2. The van der Waals surface area contributed by atoms with Crippen LogP contribution in [-0.4, -0.2) is 34.8 Å². The van der Waals surface area contributed by atoms with Crippen LogP contribution in [-0.2, 0) is 9.59 Å². The molecule has 2 heterocycles. The molecule has 0 saturated carbocycles. The topological polar surface area (TPSA) is 62.3 Å². The number of anilines is 1. The van der Waals surface area contributed by atoms with Gasteiger partial charge in [0, 0.05) is 41.2 Å². The minimum Gasteiger partial charge on any atom is -0.342 e. The molecule has 5 nitrogen and oxygen atoms in total. The summed E-state index contributed by atoms with van der Waals surface area (Å²) in [7, 11) is 0. The van der Waals surface area contributed by atoms with E-state index in [1.54, 1.807) is 23.1 Å². The third kappa shape index (κ3) is 4.86. The molecule has 138 valence electrons. The predicted octanol–water partition coefficient (Wildman–Crippen LogP) is 4.19. The lowest BCUT2D eigenvalue weighted by molar-refractivity contribution is -0.134. The van der Waals surface area contributed by atoms with E-state index in [1.807, 2.05) is 48.4 Å². The van der Waals surface area contributed by atoms with Gasteiger partial charge in [0.2, 0.25) is 11.8 Å². The second kappa shape index (κ2) is 8.68. The van der Waals surface area contributed by atoms with Crippen molar-refractivity contribution in [3.63, 3.8) is 0 Å². The number of hydrogen-bond donors (Lipinski definition) is 1. The van der Waals surface area contributed by atoms with E-state index in [1.165, 1.54) is 0 Å². The number of nitrogens with zero attached hydrogens (tertiary/aromatic N) is 2. The number of carbonyl (C=O) groups is 2. The molecule has 1 fully saturated rings. The van der Waals surface area contributed by atoms with Crippen molar-refractivity contribution in [3.8, 4) is 0 Å². The van der Waals surface area contributed by atoms with Crippen molar-refractivity contribution in [2.75, 3.05) is 18.4 Å². The van der Waals surface area contributed by atoms with Gasteiger partial charge in [-0.25, -0.2) is 4.98 Å². The van der Waals surface area contributed by atoms with Gasteiger partial charge in [-0.3, -0.25) is 9.59 Å². The molecule has 2 aromatic rings. The van der Waals surface area contributed by atoms with Crippen LogP contribution in [0.4, 0.5) is 5.69 Å². The van der Waals surface area contributed by atoms with Crippen molar-refractivity contribution >= 4 is 40.6 Å². The number of aromatic nitrogens is 1. The van der Waals surface area contributed by atoms with Crippen molar-refractivity contribution in [3.05, 3.63) is 35.3 Å². The Morgan fingerprint density at radius 2 is 2.12 bits per heavy atom. The van der Waals surface area contributed by atoms with E-state index in [0.717, 1.165) is 40.0 Å². The first kappa shape index (κ1) is 18.9. The van der Waals surface area contributed by atoms with Crippen LogP contribution in [0.3, 0.4) is 0 Å². The highest BCUT2D eigenvalue weighted by Crippen LogP contribution is 2.31. The molecule has 1 unspecified atom stereocenters. The van der Waals surface area contributed by atoms with Crippen LogP contribution in [0.2, 0.25) is 0 Å². The Labute approximate surface area is 162 Å². The Kier molecular flexibility index (Phi) is 6.32. The van der Waals surface area contributed by atoms with Crippen molar-refractivity contribution in [1.82, 2.24) is 9.88 Å². The average molecular weight is 390 g/mol. The van der Waals surface area contributed by atoms with Gasteiger partial charge in [-0.05, 0) is 44.0 Å². The zero-order valence-corrected chi connectivity index (χ0v) is 16.7. The maximum atomic E-state index is 12.5. The van der Waals surface area contributed by atoms with E-state index in [9.17, 15) is 9.59 Å². The molecule has 1 N–H and O–H groups in total. The third-order valence-corrected chi connectivity index (χ3v) is 6.44. The van der Waals surface area contributed by atoms with E-state index >= 15 is 0 Å². The summed E-state index contributed by atoms with van der Waals surface area (Å²) in [6.45, 7) is 5.13. The summed E-state index contributed by atoms with van der Waals surface area (Å²) in [6.07, 6.45) is 2.20. The van der Waals surface area contributed by atoms with Crippen molar-refractivity contribution < 1.29 is 9.59 Å². The Balaban J connectivity index is 1.56. The quantitative estimate of drug-likeness (QED) is 0.833. The predicted molar refractivity (Wildman–Crippen MR) is 106 cm³/mol. The number of aryl methyl sites for hydroxylation is 1. The molecular weight excluding hydrogens is 366 g/mol. The Morgan fingerprint density at radius 3 is 2.77 bits per heavy atom. The number of thiazole rings is 1. The fourth-order valence-electron chi connectivity index (χ4n) is 2.97. The first-order valence-corrected chi connectivity index (χ1v) is 10.5. The zero-order chi connectivity index (χ0) is 18.5. The van der Waals surface area contributed by atoms with E-state index in [2.05, 4.69) is 10.3 Å². The summed E-state index contributed by atoms with van der Waals surface area (Å²) in [5, 5.41) is 5.02. The van der Waals surface area contributed by atoms with E-state index in [-0.39, 0.29) is 17.7 Å². The largest absolute Gasteiger partial charge is 0.342 e. The van der Waals surface area contributed by atoms with Gasteiger partial charge >= 0.3 is 0 Å². The lowest BCUT2D eigenvalue weighted by Crippen LogP contribution is -2.43. The van der Waals surface area contributed by atoms with Crippen LogP contribution in [0.5, 0.6) is 0 Å². The van der Waals surface area contributed by atoms with Crippen molar-refractivity contribution in [2.45, 2.75) is 42.3 Å². The number of benzene rings is 1. The molecule has 3 rings (SSSR count). The fourth-order valence-corrected chi connectivity index (χ4v) is 4.78. The number of likely N-dealkylation sites (tertiary alicyclic amines) is 1. The lowest BCUT2D eigenvalue weighted by Gasteiger charge is -2.31. The van der Waals surface area contributed by atoms with Gasteiger partial charge in [-0.2, -0.15) is 0 Å². The average Bonchev–Trinajstić information content (AvgIpc) is 3.07. The number of piperidine rings is 1.